The van der Waals surface area contributed by atoms with Crippen LogP contribution in [0.3, 0.4) is 0 Å². The molecule has 0 radical (unpaired) electrons. The van der Waals surface area contributed by atoms with Crippen molar-refractivity contribution in [2.24, 2.45) is 5.41 Å². The lowest BCUT2D eigenvalue weighted by Gasteiger charge is -2.68. The first-order valence-corrected chi connectivity index (χ1v) is 4.66. The monoisotopic (exact) mass is 190 g/mol. The van der Waals surface area contributed by atoms with Crippen molar-refractivity contribution in [3.8, 4) is 0 Å². The van der Waals surface area contributed by atoms with Crippen LogP contribution >= 0.6 is 0 Å². The minimum Gasteiger partial charge on any atom is -0.481 e. The standard InChI is InChI=1S/C10H10N2O2/c13-8(14)10-3-9(4-10,5-10)7-1-11-6-12-2-7/h1-2,6H,3-5H2,(H,13,14). The molecule has 0 spiro atoms. The van der Waals surface area contributed by atoms with E-state index in [1.807, 2.05) is 0 Å². The zero-order chi connectivity index (χ0) is 9.81. The Morgan fingerprint density at radius 2 is 1.86 bits per heavy atom. The lowest BCUT2D eigenvalue weighted by molar-refractivity contribution is -0.194. The maximum absolute atomic E-state index is 10.9. The van der Waals surface area contributed by atoms with Gasteiger partial charge in [-0.3, -0.25) is 4.79 Å². The highest BCUT2D eigenvalue weighted by Gasteiger charge is 2.72. The quantitative estimate of drug-likeness (QED) is 0.755. The molecule has 3 aliphatic carbocycles. The zero-order valence-electron chi connectivity index (χ0n) is 7.60. The van der Waals surface area contributed by atoms with Gasteiger partial charge in [0.1, 0.15) is 6.33 Å². The van der Waals surface area contributed by atoms with E-state index >= 15 is 0 Å². The molecule has 0 unspecified atom stereocenters. The van der Waals surface area contributed by atoms with Crippen LogP contribution in [0.4, 0.5) is 0 Å². The van der Waals surface area contributed by atoms with Gasteiger partial charge < -0.3 is 5.11 Å². The van der Waals surface area contributed by atoms with Gasteiger partial charge in [-0.2, -0.15) is 0 Å². The van der Waals surface area contributed by atoms with Crippen molar-refractivity contribution in [1.82, 2.24) is 9.97 Å². The first-order valence-electron chi connectivity index (χ1n) is 4.66. The Balaban J connectivity index is 1.85. The number of aliphatic carboxylic acids is 1. The van der Waals surface area contributed by atoms with Crippen LogP contribution < -0.4 is 0 Å². The van der Waals surface area contributed by atoms with E-state index in [0.29, 0.717) is 0 Å². The van der Waals surface area contributed by atoms with Crippen molar-refractivity contribution in [2.75, 3.05) is 0 Å². The van der Waals surface area contributed by atoms with E-state index in [1.54, 1.807) is 12.4 Å². The Morgan fingerprint density at radius 1 is 1.29 bits per heavy atom. The van der Waals surface area contributed by atoms with E-state index in [1.165, 1.54) is 6.33 Å². The molecule has 1 N–H and O–H groups in total. The third-order valence-corrected chi connectivity index (χ3v) is 3.66. The number of rotatable bonds is 2. The van der Waals surface area contributed by atoms with Gasteiger partial charge in [-0.15, -0.1) is 0 Å². The fraction of sp³-hybridized carbons (Fsp3) is 0.500. The zero-order valence-corrected chi connectivity index (χ0v) is 7.60. The van der Waals surface area contributed by atoms with Crippen LogP contribution in [0.5, 0.6) is 0 Å². The van der Waals surface area contributed by atoms with Gasteiger partial charge in [-0.1, -0.05) is 0 Å². The summed E-state index contributed by atoms with van der Waals surface area (Å²) in [5, 5.41) is 8.96. The van der Waals surface area contributed by atoms with Gasteiger partial charge in [-0.25, -0.2) is 9.97 Å². The van der Waals surface area contributed by atoms with Crippen LogP contribution in [0.1, 0.15) is 24.8 Å². The second-order valence-corrected chi connectivity index (χ2v) is 4.52. The maximum atomic E-state index is 10.9. The molecular weight excluding hydrogens is 180 g/mol. The molecule has 3 fully saturated rings. The summed E-state index contributed by atoms with van der Waals surface area (Å²) in [6.45, 7) is 0. The van der Waals surface area contributed by atoms with Gasteiger partial charge in [0.05, 0.1) is 5.41 Å². The molecule has 3 saturated carbocycles. The minimum absolute atomic E-state index is 0.0969. The highest BCUT2D eigenvalue weighted by molar-refractivity contribution is 5.80. The smallest absolute Gasteiger partial charge is 0.309 e. The summed E-state index contributed by atoms with van der Waals surface area (Å²) in [4.78, 5) is 18.8. The average molecular weight is 190 g/mol. The summed E-state index contributed by atoms with van der Waals surface area (Å²) < 4.78 is 0. The van der Waals surface area contributed by atoms with E-state index in [4.69, 9.17) is 5.11 Å². The third kappa shape index (κ3) is 0.720. The summed E-state index contributed by atoms with van der Waals surface area (Å²) in [6, 6.07) is 0. The second-order valence-electron chi connectivity index (χ2n) is 4.52. The van der Waals surface area contributed by atoms with Crippen LogP contribution in [-0.2, 0) is 10.2 Å². The molecule has 0 saturated heterocycles. The van der Waals surface area contributed by atoms with Gasteiger partial charge in [0.25, 0.3) is 0 Å². The lowest BCUT2D eigenvalue weighted by atomic mass is 9.34. The molecule has 1 aromatic rings. The largest absolute Gasteiger partial charge is 0.481 e. The van der Waals surface area contributed by atoms with Gasteiger partial charge in [0.2, 0.25) is 0 Å². The first-order chi connectivity index (χ1) is 6.67. The molecule has 0 amide bonds. The van der Waals surface area contributed by atoms with E-state index in [2.05, 4.69) is 9.97 Å². The molecule has 3 aliphatic rings. The molecular formula is C10H10N2O2. The number of carboxylic acids is 1. The van der Waals surface area contributed by atoms with E-state index < -0.39 is 11.4 Å². The molecule has 4 heteroatoms. The topological polar surface area (TPSA) is 63.1 Å². The first kappa shape index (κ1) is 7.91. The van der Waals surface area contributed by atoms with Crippen molar-refractivity contribution in [3.63, 3.8) is 0 Å². The van der Waals surface area contributed by atoms with E-state index in [9.17, 15) is 4.79 Å². The van der Waals surface area contributed by atoms with E-state index in [0.717, 1.165) is 24.8 Å². The predicted molar refractivity (Wildman–Crippen MR) is 47.6 cm³/mol. The molecule has 4 rings (SSSR count). The molecule has 1 aromatic heterocycles. The third-order valence-electron chi connectivity index (χ3n) is 3.66. The fourth-order valence-electron chi connectivity index (χ4n) is 2.89. The Hall–Kier alpha value is -1.45. The Labute approximate surface area is 81.0 Å². The van der Waals surface area contributed by atoms with E-state index in [-0.39, 0.29) is 5.41 Å². The molecule has 4 nitrogen and oxygen atoms in total. The van der Waals surface area contributed by atoms with Crippen molar-refractivity contribution >= 4 is 5.97 Å². The minimum atomic E-state index is -0.642. The summed E-state index contributed by atoms with van der Waals surface area (Å²) in [5.74, 6) is -0.642. The van der Waals surface area contributed by atoms with Crippen molar-refractivity contribution in [3.05, 3.63) is 24.3 Å². The number of carboxylic acid groups (broad SMARTS) is 1. The van der Waals surface area contributed by atoms with Gasteiger partial charge >= 0.3 is 5.97 Å². The van der Waals surface area contributed by atoms with Crippen LogP contribution in [0, 0.1) is 5.41 Å². The Morgan fingerprint density at radius 3 is 2.36 bits per heavy atom. The number of carbonyl (C=O) groups is 1. The molecule has 0 aliphatic heterocycles. The highest BCUT2D eigenvalue weighted by atomic mass is 16.4. The maximum Gasteiger partial charge on any atom is 0.309 e. The second kappa shape index (κ2) is 2.13. The predicted octanol–water partition coefficient (Wildman–Crippen LogP) is 0.983. The SMILES string of the molecule is O=C(O)C12CC(c3cncnc3)(C1)C2. The van der Waals surface area contributed by atoms with Crippen molar-refractivity contribution in [1.29, 1.82) is 0 Å². The number of aromatic nitrogens is 2. The van der Waals surface area contributed by atoms with Gasteiger partial charge in [0, 0.05) is 17.8 Å². The molecule has 1 heterocycles. The summed E-state index contributed by atoms with van der Waals surface area (Å²) in [7, 11) is 0. The van der Waals surface area contributed by atoms with Gasteiger partial charge in [-0.05, 0) is 24.8 Å². The number of hydrogen-bond acceptors (Lipinski definition) is 3. The van der Waals surface area contributed by atoms with Crippen LogP contribution in [0.25, 0.3) is 0 Å². The van der Waals surface area contributed by atoms with Crippen molar-refractivity contribution < 1.29 is 9.90 Å². The Bertz CT molecular complexity index is 382. The fourth-order valence-corrected chi connectivity index (χ4v) is 2.89. The van der Waals surface area contributed by atoms with Gasteiger partial charge in [0.15, 0.2) is 0 Å². The summed E-state index contributed by atoms with van der Waals surface area (Å²) in [6.07, 6.45) is 7.41. The molecule has 2 bridgehead atoms. The number of nitrogens with zero attached hydrogens (tertiary/aromatic N) is 2. The van der Waals surface area contributed by atoms with Crippen molar-refractivity contribution in [2.45, 2.75) is 24.7 Å². The summed E-state index contributed by atoms with van der Waals surface area (Å²) in [5.41, 5.74) is 0.790. The average Bonchev–Trinajstić information content (AvgIpc) is 2.00. The number of hydrogen-bond donors (Lipinski definition) is 1. The van der Waals surface area contributed by atoms with Crippen LogP contribution in [-0.4, -0.2) is 21.0 Å². The lowest BCUT2D eigenvalue weighted by Crippen LogP contribution is -2.67. The highest BCUT2D eigenvalue weighted by Crippen LogP contribution is 2.73. The molecule has 72 valence electrons. The molecule has 0 atom stereocenters. The van der Waals surface area contributed by atoms with Crippen LogP contribution in [0.15, 0.2) is 18.7 Å². The Kier molecular flexibility index (Phi) is 1.20. The normalized spacial score (nSPS) is 38.3. The molecule has 0 aromatic carbocycles. The molecule has 14 heavy (non-hydrogen) atoms. The summed E-state index contributed by atoms with van der Waals surface area (Å²) >= 11 is 0. The van der Waals surface area contributed by atoms with Crippen LogP contribution in [0.2, 0.25) is 0 Å².